The summed E-state index contributed by atoms with van der Waals surface area (Å²) in [5.41, 5.74) is 2.51. The molecule has 3 aromatic rings. The van der Waals surface area contributed by atoms with Gasteiger partial charge in [0.1, 0.15) is 5.65 Å². The minimum Gasteiger partial charge on any atom is -0.380 e. The van der Waals surface area contributed by atoms with E-state index < -0.39 is 0 Å². The molecule has 0 atom stereocenters. The number of aryl methyl sites for hydroxylation is 1. The number of ether oxygens (including phenoxy) is 1. The van der Waals surface area contributed by atoms with Crippen LogP contribution < -0.4 is 10.6 Å². The Balaban J connectivity index is 1.92. The highest BCUT2D eigenvalue weighted by Crippen LogP contribution is 2.29. The third-order valence-electron chi connectivity index (χ3n) is 5.89. The van der Waals surface area contributed by atoms with Crippen LogP contribution in [0.1, 0.15) is 67.3 Å². The van der Waals surface area contributed by atoms with Gasteiger partial charge in [0.2, 0.25) is 5.95 Å². The molecule has 2 heterocycles. The van der Waals surface area contributed by atoms with Crippen LogP contribution >= 0.6 is 0 Å². The van der Waals surface area contributed by atoms with Crippen LogP contribution in [0.3, 0.4) is 0 Å². The van der Waals surface area contributed by atoms with E-state index in [1.807, 2.05) is 29.8 Å². The quantitative estimate of drug-likeness (QED) is 0.451. The van der Waals surface area contributed by atoms with Crippen molar-refractivity contribution in [3.05, 3.63) is 53.3 Å². The van der Waals surface area contributed by atoms with E-state index in [2.05, 4.69) is 48.3 Å². The van der Waals surface area contributed by atoms with Crippen molar-refractivity contribution in [3.63, 3.8) is 0 Å². The first kappa shape index (κ1) is 24.4. The second kappa shape index (κ2) is 10.6. The van der Waals surface area contributed by atoms with E-state index in [0.717, 1.165) is 18.4 Å². The molecule has 33 heavy (non-hydrogen) atoms. The predicted molar refractivity (Wildman–Crippen MR) is 130 cm³/mol. The molecule has 0 bridgehead atoms. The molecule has 0 aliphatic rings. The molecule has 2 aromatic heterocycles. The van der Waals surface area contributed by atoms with Crippen LogP contribution in [0.4, 0.5) is 5.95 Å². The molecule has 176 valence electrons. The Bertz CT molecular complexity index is 1120. The van der Waals surface area contributed by atoms with E-state index in [9.17, 15) is 9.59 Å². The molecule has 8 nitrogen and oxygen atoms in total. The highest BCUT2D eigenvalue weighted by Gasteiger charge is 2.25. The van der Waals surface area contributed by atoms with Crippen molar-refractivity contribution in [2.24, 2.45) is 0 Å². The number of nitrogens with one attached hydrogen (secondary N) is 2. The molecule has 0 fully saturated rings. The molecule has 8 heteroatoms. The molecule has 0 saturated carbocycles. The van der Waals surface area contributed by atoms with Gasteiger partial charge in [-0.15, -0.1) is 0 Å². The molecular weight excluding hydrogens is 418 g/mol. The summed E-state index contributed by atoms with van der Waals surface area (Å²) in [4.78, 5) is 34.5. The molecular formula is C25H33N5O3. The number of nitrogens with zero attached hydrogens (tertiary/aromatic N) is 3. The zero-order valence-corrected chi connectivity index (χ0v) is 20.1. The number of rotatable bonds is 10. The topological polar surface area (TPSA) is 98.1 Å². The number of carbonyl (C=O) groups is 2. The van der Waals surface area contributed by atoms with Crippen molar-refractivity contribution < 1.29 is 14.3 Å². The summed E-state index contributed by atoms with van der Waals surface area (Å²) in [7, 11) is 0. The first-order valence-corrected chi connectivity index (χ1v) is 11.5. The molecule has 0 radical (unpaired) electrons. The van der Waals surface area contributed by atoms with E-state index in [1.165, 1.54) is 0 Å². The van der Waals surface area contributed by atoms with E-state index in [-0.39, 0.29) is 23.3 Å². The van der Waals surface area contributed by atoms with Crippen molar-refractivity contribution in [2.45, 2.75) is 53.0 Å². The number of hydrogen-bond acceptors (Lipinski definition) is 5. The lowest BCUT2D eigenvalue weighted by Crippen LogP contribution is -2.27. The zero-order chi connectivity index (χ0) is 24.0. The van der Waals surface area contributed by atoms with Gasteiger partial charge in [-0.2, -0.15) is 4.98 Å². The molecule has 2 N–H and O–H groups in total. The van der Waals surface area contributed by atoms with Gasteiger partial charge < -0.3 is 14.6 Å². The Hall–Kier alpha value is -3.26. The normalized spacial score (nSPS) is 11.5. The van der Waals surface area contributed by atoms with Gasteiger partial charge in [-0.05, 0) is 51.3 Å². The monoisotopic (exact) mass is 451 g/mol. The zero-order valence-electron chi connectivity index (χ0n) is 20.1. The highest BCUT2D eigenvalue weighted by atomic mass is 16.5. The number of aromatic nitrogens is 3. The van der Waals surface area contributed by atoms with Gasteiger partial charge in [-0.3, -0.25) is 14.9 Å². The first-order valence-electron chi connectivity index (χ1n) is 11.5. The number of hydrogen-bond donors (Lipinski definition) is 2. The van der Waals surface area contributed by atoms with Gasteiger partial charge >= 0.3 is 0 Å². The maximum Gasteiger partial charge on any atom is 0.258 e. The van der Waals surface area contributed by atoms with Crippen LogP contribution in [0.25, 0.3) is 11.0 Å². The maximum atomic E-state index is 12.8. The van der Waals surface area contributed by atoms with Crippen molar-refractivity contribution >= 4 is 28.8 Å². The van der Waals surface area contributed by atoms with Gasteiger partial charge in [0, 0.05) is 36.6 Å². The van der Waals surface area contributed by atoms with Gasteiger partial charge in [0.25, 0.3) is 11.8 Å². The minimum atomic E-state index is -0.284. The van der Waals surface area contributed by atoms with Gasteiger partial charge in [0.15, 0.2) is 0 Å². The van der Waals surface area contributed by atoms with Crippen LogP contribution in [-0.4, -0.2) is 46.1 Å². The van der Waals surface area contributed by atoms with Gasteiger partial charge in [-0.1, -0.05) is 26.0 Å². The Kier molecular flexibility index (Phi) is 7.81. The second-order valence-corrected chi connectivity index (χ2v) is 8.47. The van der Waals surface area contributed by atoms with Gasteiger partial charge in [0.05, 0.1) is 17.6 Å². The number of amides is 2. The van der Waals surface area contributed by atoms with Crippen molar-refractivity contribution in [3.8, 4) is 0 Å². The largest absolute Gasteiger partial charge is 0.380 e. The lowest BCUT2D eigenvalue weighted by molar-refractivity contribution is 0.0923. The lowest BCUT2D eigenvalue weighted by Gasteiger charge is -2.25. The minimum absolute atomic E-state index is 0.196. The molecule has 2 amide bonds. The van der Waals surface area contributed by atoms with Crippen molar-refractivity contribution in [2.75, 3.05) is 25.1 Å². The van der Waals surface area contributed by atoms with E-state index in [4.69, 9.17) is 4.74 Å². The number of benzene rings is 1. The Morgan fingerprint density at radius 3 is 2.45 bits per heavy atom. The van der Waals surface area contributed by atoms with Crippen LogP contribution in [0.15, 0.2) is 36.7 Å². The number of carbonyl (C=O) groups excluding carboxylic acids is 2. The molecule has 0 aliphatic carbocycles. The van der Waals surface area contributed by atoms with Crippen molar-refractivity contribution in [1.29, 1.82) is 0 Å². The standard InChI is InChI=1S/C25H33N5O3/c1-6-17-9-11-18(12-10-17)22(31)29-24-27-15-19-20(23(32)26-13-14-33-8-3)16-30(21(19)28-24)25(4,5)7-2/h9-12,15-16H,6-8,13-14H2,1-5H3,(H,26,32)(H,27,28,29,31). The average Bonchev–Trinajstić information content (AvgIpc) is 3.21. The summed E-state index contributed by atoms with van der Waals surface area (Å²) in [5.74, 6) is -0.290. The van der Waals surface area contributed by atoms with E-state index >= 15 is 0 Å². The van der Waals surface area contributed by atoms with Crippen LogP contribution in [0.2, 0.25) is 0 Å². The van der Waals surface area contributed by atoms with E-state index in [1.54, 1.807) is 18.3 Å². The average molecular weight is 452 g/mol. The molecule has 0 saturated heterocycles. The Morgan fingerprint density at radius 1 is 1.09 bits per heavy atom. The highest BCUT2D eigenvalue weighted by molar-refractivity contribution is 6.07. The van der Waals surface area contributed by atoms with E-state index in [0.29, 0.717) is 41.9 Å². The fourth-order valence-electron chi connectivity index (χ4n) is 3.42. The summed E-state index contributed by atoms with van der Waals surface area (Å²) in [5, 5.41) is 6.30. The molecule has 0 unspecified atom stereocenters. The molecule has 3 rings (SSSR count). The maximum absolute atomic E-state index is 12.8. The Morgan fingerprint density at radius 2 is 1.82 bits per heavy atom. The predicted octanol–water partition coefficient (Wildman–Crippen LogP) is 4.16. The summed E-state index contributed by atoms with van der Waals surface area (Å²) in [6, 6.07) is 7.45. The van der Waals surface area contributed by atoms with Crippen molar-refractivity contribution in [1.82, 2.24) is 19.9 Å². The summed E-state index contributed by atoms with van der Waals surface area (Å²) in [6.45, 7) is 11.7. The first-order chi connectivity index (χ1) is 15.8. The smallest absolute Gasteiger partial charge is 0.258 e. The van der Waals surface area contributed by atoms with Crippen LogP contribution in [-0.2, 0) is 16.7 Å². The van der Waals surface area contributed by atoms with Gasteiger partial charge in [-0.25, -0.2) is 4.98 Å². The molecule has 0 aliphatic heterocycles. The fraction of sp³-hybridized carbons (Fsp3) is 0.440. The SMILES string of the molecule is CCOCCNC(=O)c1cn(C(C)(C)CC)c2nc(NC(=O)c3ccc(CC)cc3)ncc12. The lowest BCUT2D eigenvalue weighted by atomic mass is 10.0. The van der Waals surface area contributed by atoms with Crippen LogP contribution in [0.5, 0.6) is 0 Å². The molecule has 0 spiro atoms. The summed E-state index contributed by atoms with van der Waals surface area (Å²) >= 11 is 0. The third-order valence-corrected chi connectivity index (χ3v) is 5.89. The summed E-state index contributed by atoms with van der Waals surface area (Å²) in [6.07, 6.45) is 5.15. The fourth-order valence-corrected chi connectivity index (χ4v) is 3.42. The summed E-state index contributed by atoms with van der Waals surface area (Å²) < 4.78 is 7.28. The second-order valence-electron chi connectivity index (χ2n) is 8.47. The number of anilines is 1. The van der Waals surface area contributed by atoms with Crippen LogP contribution in [0, 0.1) is 0 Å². The molecule has 1 aromatic carbocycles. The third kappa shape index (κ3) is 5.57. The Labute approximate surface area is 194 Å². The number of fused-ring (bicyclic) bond motifs is 1.